The summed E-state index contributed by atoms with van der Waals surface area (Å²) in [7, 11) is 0. The Morgan fingerprint density at radius 3 is 2.74 bits per heavy atom. The molecule has 1 aromatic carbocycles. The quantitative estimate of drug-likeness (QED) is 0.902. The fraction of sp³-hybridized carbons (Fsp3) is 0.562. The van der Waals surface area contributed by atoms with E-state index in [1.54, 1.807) is 0 Å². The van der Waals surface area contributed by atoms with Gasteiger partial charge in [-0.15, -0.1) is 0 Å². The molecule has 2 aliphatic rings. The van der Waals surface area contributed by atoms with Gasteiger partial charge in [0.05, 0.1) is 6.42 Å². The highest BCUT2D eigenvalue weighted by Gasteiger charge is 2.22. The maximum absolute atomic E-state index is 12.3. The lowest BCUT2D eigenvalue weighted by molar-refractivity contribution is -0.129. The number of hydrogen-bond donors (Lipinski definition) is 1. The van der Waals surface area contributed by atoms with Gasteiger partial charge in [-0.05, 0) is 43.4 Å². The minimum absolute atomic E-state index is 0.294. The Balaban J connectivity index is 1.74. The molecule has 0 spiro atoms. The average Bonchev–Trinajstić information content (AvgIpc) is 3.13. The van der Waals surface area contributed by atoms with Crippen molar-refractivity contribution >= 4 is 5.91 Å². The molecule has 102 valence electrons. The van der Waals surface area contributed by atoms with Crippen LogP contribution in [0.25, 0.3) is 0 Å². The molecular weight excluding hydrogens is 236 g/mol. The summed E-state index contributed by atoms with van der Waals surface area (Å²) < 4.78 is 0. The van der Waals surface area contributed by atoms with Gasteiger partial charge in [-0.3, -0.25) is 4.79 Å². The molecule has 0 radical (unpaired) electrons. The van der Waals surface area contributed by atoms with Gasteiger partial charge in [-0.25, -0.2) is 0 Å². The first-order chi connectivity index (χ1) is 9.34. The van der Waals surface area contributed by atoms with Crippen LogP contribution in [0.15, 0.2) is 24.3 Å². The molecule has 0 bridgehead atoms. The van der Waals surface area contributed by atoms with E-state index in [0.717, 1.165) is 32.5 Å². The molecule has 3 nitrogen and oxygen atoms in total. The zero-order valence-electron chi connectivity index (χ0n) is 11.4. The Morgan fingerprint density at radius 1 is 1.21 bits per heavy atom. The minimum atomic E-state index is 0.294. The number of rotatable bonds is 3. The third kappa shape index (κ3) is 2.81. The number of carbonyl (C=O) groups excluding carboxylic acids is 1. The topological polar surface area (TPSA) is 32.3 Å². The molecule has 1 aromatic rings. The highest BCUT2D eigenvalue weighted by Crippen LogP contribution is 2.26. The number of nitrogens with one attached hydrogen (secondary N) is 1. The number of hydrogen-bond acceptors (Lipinski definition) is 2. The Kier molecular flexibility index (Phi) is 3.83. The van der Waals surface area contributed by atoms with E-state index in [1.165, 1.54) is 24.0 Å². The third-order valence-electron chi connectivity index (χ3n) is 4.29. The van der Waals surface area contributed by atoms with E-state index in [4.69, 9.17) is 0 Å². The van der Waals surface area contributed by atoms with Gasteiger partial charge in [0.25, 0.3) is 0 Å². The number of likely N-dealkylation sites (tertiary alicyclic amines) is 1. The fourth-order valence-corrected chi connectivity index (χ4v) is 3.23. The van der Waals surface area contributed by atoms with Crippen LogP contribution in [0.5, 0.6) is 0 Å². The molecule has 0 saturated carbocycles. The first-order valence-corrected chi connectivity index (χ1v) is 7.43. The molecule has 1 atom stereocenters. The molecule has 2 heterocycles. The normalized spacial score (nSPS) is 22.9. The van der Waals surface area contributed by atoms with E-state index < -0.39 is 0 Å². The summed E-state index contributed by atoms with van der Waals surface area (Å²) in [6.45, 7) is 2.99. The van der Waals surface area contributed by atoms with Gasteiger partial charge in [0.15, 0.2) is 0 Å². The van der Waals surface area contributed by atoms with Gasteiger partial charge in [-0.1, -0.05) is 24.3 Å². The van der Waals surface area contributed by atoms with Crippen LogP contribution in [0.2, 0.25) is 0 Å². The van der Waals surface area contributed by atoms with E-state index >= 15 is 0 Å². The molecule has 0 aromatic heterocycles. The molecule has 1 N–H and O–H groups in total. The van der Waals surface area contributed by atoms with Gasteiger partial charge in [0, 0.05) is 19.1 Å². The van der Waals surface area contributed by atoms with Crippen molar-refractivity contribution in [1.82, 2.24) is 10.2 Å². The molecule has 2 aliphatic heterocycles. The van der Waals surface area contributed by atoms with Crippen LogP contribution in [0.3, 0.4) is 0 Å². The lowest BCUT2D eigenvalue weighted by Crippen LogP contribution is -2.29. The molecule has 3 heteroatoms. The summed E-state index contributed by atoms with van der Waals surface area (Å²) in [5, 5.41) is 3.53. The van der Waals surface area contributed by atoms with Gasteiger partial charge in [0.2, 0.25) is 5.91 Å². The third-order valence-corrected chi connectivity index (χ3v) is 4.29. The van der Waals surface area contributed by atoms with Crippen molar-refractivity contribution in [2.24, 2.45) is 0 Å². The van der Waals surface area contributed by atoms with Crippen LogP contribution < -0.4 is 5.32 Å². The SMILES string of the molecule is O=C(Cc1ccccc1[C@@H]1CCCN1)N1CCCC1. The molecule has 2 saturated heterocycles. The van der Waals surface area contributed by atoms with E-state index in [2.05, 4.69) is 23.5 Å². The predicted molar refractivity (Wildman–Crippen MR) is 75.9 cm³/mol. The van der Waals surface area contributed by atoms with Gasteiger partial charge < -0.3 is 10.2 Å². The van der Waals surface area contributed by atoms with Crippen molar-refractivity contribution in [3.63, 3.8) is 0 Å². The van der Waals surface area contributed by atoms with Crippen molar-refractivity contribution in [3.8, 4) is 0 Å². The highest BCUT2D eigenvalue weighted by atomic mass is 16.2. The lowest BCUT2D eigenvalue weighted by atomic mass is 9.97. The first-order valence-electron chi connectivity index (χ1n) is 7.43. The van der Waals surface area contributed by atoms with Gasteiger partial charge >= 0.3 is 0 Å². The zero-order valence-corrected chi connectivity index (χ0v) is 11.4. The van der Waals surface area contributed by atoms with Crippen molar-refractivity contribution < 1.29 is 4.79 Å². The first kappa shape index (κ1) is 12.7. The molecule has 1 amide bonds. The Bertz CT molecular complexity index is 446. The Hall–Kier alpha value is -1.35. The monoisotopic (exact) mass is 258 g/mol. The van der Waals surface area contributed by atoms with E-state index in [-0.39, 0.29) is 0 Å². The number of amides is 1. The standard InChI is InChI=1S/C16H22N2O/c19-16(18-10-3-4-11-18)12-13-6-1-2-7-14(13)15-8-5-9-17-15/h1-2,6-7,15,17H,3-5,8-12H2/t15-/m0/s1. The van der Waals surface area contributed by atoms with Gasteiger partial charge in [-0.2, -0.15) is 0 Å². The largest absolute Gasteiger partial charge is 0.342 e. The summed E-state index contributed by atoms with van der Waals surface area (Å²) in [5.41, 5.74) is 2.53. The summed E-state index contributed by atoms with van der Waals surface area (Å²) in [4.78, 5) is 14.3. The van der Waals surface area contributed by atoms with Crippen molar-refractivity contribution in [2.45, 2.75) is 38.1 Å². The summed E-state index contributed by atoms with van der Waals surface area (Å²) in [6, 6.07) is 8.87. The number of carbonyl (C=O) groups is 1. The van der Waals surface area contributed by atoms with Crippen LogP contribution >= 0.6 is 0 Å². The predicted octanol–water partition coefficient (Wildman–Crippen LogP) is 2.28. The summed E-state index contributed by atoms with van der Waals surface area (Å²) in [6.07, 6.45) is 5.32. The maximum Gasteiger partial charge on any atom is 0.227 e. The zero-order chi connectivity index (χ0) is 13.1. The lowest BCUT2D eigenvalue weighted by Gasteiger charge is -2.19. The molecular formula is C16H22N2O. The second-order valence-electron chi connectivity index (χ2n) is 5.61. The van der Waals surface area contributed by atoms with Crippen LogP contribution in [0.1, 0.15) is 42.9 Å². The summed E-state index contributed by atoms with van der Waals surface area (Å²) in [5.74, 6) is 0.294. The summed E-state index contributed by atoms with van der Waals surface area (Å²) >= 11 is 0. The van der Waals surface area contributed by atoms with Gasteiger partial charge in [0.1, 0.15) is 0 Å². The second kappa shape index (κ2) is 5.74. The van der Waals surface area contributed by atoms with Crippen LogP contribution in [0, 0.1) is 0 Å². The van der Waals surface area contributed by atoms with Crippen molar-refractivity contribution in [2.75, 3.05) is 19.6 Å². The van der Waals surface area contributed by atoms with Crippen LogP contribution in [0.4, 0.5) is 0 Å². The Morgan fingerprint density at radius 2 is 2.00 bits per heavy atom. The van der Waals surface area contributed by atoms with Crippen molar-refractivity contribution in [3.05, 3.63) is 35.4 Å². The molecule has 0 unspecified atom stereocenters. The Labute approximate surface area is 115 Å². The molecule has 2 fully saturated rings. The van der Waals surface area contributed by atoms with Crippen molar-refractivity contribution in [1.29, 1.82) is 0 Å². The maximum atomic E-state index is 12.3. The average molecular weight is 258 g/mol. The number of nitrogens with zero attached hydrogens (tertiary/aromatic N) is 1. The second-order valence-corrected chi connectivity index (χ2v) is 5.61. The van der Waals surface area contributed by atoms with E-state index in [9.17, 15) is 4.79 Å². The fourth-order valence-electron chi connectivity index (χ4n) is 3.23. The van der Waals surface area contributed by atoms with Crippen LogP contribution in [-0.4, -0.2) is 30.4 Å². The molecule has 19 heavy (non-hydrogen) atoms. The molecule has 3 rings (SSSR count). The smallest absolute Gasteiger partial charge is 0.227 e. The van der Waals surface area contributed by atoms with Crippen LogP contribution in [-0.2, 0) is 11.2 Å². The van der Waals surface area contributed by atoms with E-state index in [1.807, 2.05) is 11.0 Å². The minimum Gasteiger partial charge on any atom is -0.342 e. The highest BCUT2D eigenvalue weighted by molar-refractivity contribution is 5.79. The number of benzene rings is 1. The molecule has 0 aliphatic carbocycles. The van der Waals surface area contributed by atoms with E-state index in [0.29, 0.717) is 18.4 Å².